The largest absolute Gasteiger partial charge is 0.497 e. The molecule has 0 N–H and O–H groups in total. The zero-order valence-electron chi connectivity index (χ0n) is 18.9. The standard InChI is InChI=1S/C26H32O6/c1-20(2)25(27)31-19-9-7-5-4-6-8-18-30-23-12-10-21(11-13-23)26(28)32-24-16-14-22(29-3)15-17-24/h10-17H,1,4-9,18-19H2,2-3H3. The number of methoxy groups -OCH3 is 1. The number of hydrogen-bond donors (Lipinski definition) is 0. The summed E-state index contributed by atoms with van der Waals surface area (Å²) in [6, 6.07) is 13.8. The van der Waals surface area contributed by atoms with Gasteiger partial charge >= 0.3 is 11.9 Å². The normalized spacial score (nSPS) is 10.3. The molecule has 2 rings (SSSR count). The summed E-state index contributed by atoms with van der Waals surface area (Å²) in [5.41, 5.74) is 0.898. The second-order valence-electron chi connectivity index (χ2n) is 7.48. The molecule has 32 heavy (non-hydrogen) atoms. The van der Waals surface area contributed by atoms with E-state index in [0.29, 0.717) is 35.8 Å². The Morgan fingerprint density at radius 1 is 0.750 bits per heavy atom. The Morgan fingerprint density at radius 2 is 1.28 bits per heavy atom. The maximum absolute atomic E-state index is 12.2. The fourth-order valence-electron chi connectivity index (χ4n) is 2.89. The third-order valence-corrected chi connectivity index (χ3v) is 4.75. The van der Waals surface area contributed by atoms with Gasteiger partial charge in [0.25, 0.3) is 0 Å². The van der Waals surface area contributed by atoms with Gasteiger partial charge in [-0.05, 0) is 68.3 Å². The van der Waals surface area contributed by atoms with Gasteiger partial charge in [0.15, 0.2) is 0 Å². The van der Waals surface area contributed by atoms with Crippen LogP contribution in [0.15, 0.2) is 60.7 Å². The molecule has 6 heteroatoms. The molecule has 0 saturated heterocycles. The molecule has 0 bridgehead atoms. The van der Waals surface area contributed by atoms with Crippen molar-refractivity contribution in [3.63, 3.8) is 0 Å². The molecular weight excluding hydrogens is 408 g/mol. The molecular formula is C26H32O6. The zero-order valence-corrected chi connectivity index (χ0v) is 18.9. The van der Waals surface area contributed by atoms with Crippen LogP contribution in [0.5, 0.6) is 17.2 Å². The number of benzene rings is 2. The lowest BCUT2D eigenvalue weighted by molar-refractivity contribution is -0.139. The van der Waals surface area contributed by atoms with Crippen molar-refractivity contribution in [1.82, 2.24) is 0 Å². The van der Waals surface area contributed by atoms with E-state index in [1.807, 2.05) is 0 Å². The highest BCUT2D eigenvalue weighted by molar-refractivity contribution is 5.91. The van der Waals surface area contributed by atoms with Crippen molar-refractivity contribution in [1.29, 1.82) is 0 Å². The highest BCUT2D eigenvalue weighted by atomic mass is 16.5. The first-order valence-electron chi connectivity index (χ1n) is 10.9. The number of ether oxygens (including phenoxy) is 4. The first-order valence-corrected chi connectivity index (χ1v) is 10.9. The minimum atomic E-state index is -0.420. The maximum Gasteiger partial charge on any atom is 0.343 e. The number of esters is 2. The number of rotatable bonds is 14. The van der Waals surface area contributed by atoms with Gasteiger partial charge in [-0.15, -0.1) is 0 Å². The van der Waals surface area contributed by atoms with Crippen LogP contribution in [-0.4, -0.2) is 32.3 Å². The van der Waals surface area contributed by atoms with Gasteiger partial charge < -0.3 is 18.9 Å². The average Bonchev–Trinajstić information content (AvgIpc) is 2.80. The molecule has 2 aromatic rings. The summed E-state index contributed by atoms with van der Waals surface area (Å²) in [6.45, 7) is 6.29. The smallest absolute Gasteiger partial charge is 0.343 e. The minimum absolute atomic E-state index is 0.315. The second kappa shape index (κ2) is 13.9. The van der Waals surface area contributed by atoms with Crippen LogP contribution in [0.1, 0.15) is 55.8 Å². The lowest BCUT2D eigenvalue weighted by atomic mass is 10.1. The summed E-state index contributed by atoms with van der Waals surface area (Å²) in [5.74, 6) is 1.16. The predicted molar refractivity (Wildman–Crippen MR) is 123 cm³/mol. The van der Waals surface area contributed by atoms with Gasteiger partial charge in [0.05, 0.1) is 25.9 Å². The van der Waals surface area contributed by atoms with Crippen LogP contribution in [0, 0.1) is 0 Å². The van der Waals surface area contributed by atoms with Crippen molar-refractivity contribution < 1.29 is 28.5 Å². The van der Waals surface area contributed by atoms with Gasteiger partial charge in [-0.3, -0.25) is 0 Å². The van der Waals surface area contributed by atoms with E-state index in [0.717, 1.165) is 44.3 Å². The molecule has 6 nitrogen and oxygen atoms in total. The van der Waals surface area contributed by atoms with Gasteiger partial charge in [-0.2, -0.15) is 0 Å². The molecule has 0 amide bonds. The van der Waals surface area contributed by atoms with Crippen LogP contribution in [0.3, 0.4) is 0 Å². The molecule has 0 atom stereocenters. The van der Waals surface area contributed by atoms with Gasteiger partial charge in [-0.1, -0.05) is 32.3 Å². The fraction of sp³-hybridized carbons (Fsp3) is 0.385. The van der Waals surface area contributed by atoms with Crippen molar-refractivity contribution in [2.45, 2.75) is 45.4 Å². The van der Waals surface area contributed by atoms with Crippen LogP contribution in [0.25, 0.3) is 0 Å². The molecule has 0 saturated carbocycles. The molecule has 0 aromatic heterocycles. The molecule has 0 heterocycles. The van der Waals surface area contributed by atoms with Crippen molar-refractivity contribution in [3.05, 3.63) is 66.2 Å². The number of carbonyl (C=O) groups is 2. The highest BCUT2D eigenvalue weighted by Gasteiger charge is 2.09. The molecule has 0 aliphatic heterocycles. The summed E-state index contributed by atoms with van der Waals surface area (Å²) in [5, 5.41) is 0. The van der Waals surface area contributed by atoms with Crippen molar-refractivity contribution in [2.24, 2.45) is 0 Å². The SMILES string of the molecule is C=C(C)C(=O)OCCCCCCCCOc1ccc(C(=O)Oc2ccc(OC)cc2)cc1. The summed E-state index contributed by atoms with van der Waals surface area (Å²) >= 11 is 0. The number of unbranched alkanes of at least 4 members (excludes halogenated alkanes) is 5. The van der Waals surface area contributed by atoms with E-state index < -0.39 is 5.97 Å². The van der Waals surface area contributed by atoms with Crippen LogP contribution < -0.4 is 14.2 Å². The zero-order chi connectivity index (χ0) is 23.2. The Hall–Kier alpha value is -3.28. The molecule has 0 unspecified atom stereocenters. The monoisotopic (exact) mass is 440 g/mol. The van der Waals surface area contributed by atoms with E-state index in [9.17, 15) is 9.59 Å². The number of hydrogen-bond acceptors (Lipinski definition) is 6. The average molecular weight is 441 g/mol. The third kappa shape index (κ3) is 9.25. The second-order valence-corrected chi connectivity index (χ2v) is 7.48. The summed E-state index contributed by atoms with van der Waals surface area (Å²) in [4.78, 5) is 23.5. The maximum atomic E-state index is 12.2. The highest BCUT2D eigenvalue weighted by Crippen LogP contribution is 2.19. The van der Waals surface area contributed by atoms with Gasteiger partial charge in [0, 0.05) is 5.57 Å². The van der Waals surface area contributed by atoms with Crippen molar-refractivity contribution in [3.8, 4) is 17.2 Å². The molecule has 0 spiro atoms. The third-order valence-electron chi connectivity index (χ3n) is 4.75. The first-order chi connectivity index (χ1) is 15.5. The Labute approximate surface area is 190 Å². The van der Waals surface area contributed by atoms with Crippen LogP contribution >= 0.6 is 0 Å². The lowest BCUT2D eigenvalue weighted by Crippen LogP contribution is -2.08. The van der Waals surface area contributed by atoms with E-state index in [-0.39, 0.29) is 5.97 Å². The molecule has 2 aromatic carbocycles. The molecule has 172 valence electrons. The first kappa shape index (κ1) is 25.0. The quantitative estimate of drug-likeness (QED) is 0.161. The Balaban J connectivity index is 1.56. The van der Waals surface area contributed by atoms with E-state index in [2.05, 4.69) is 6.58 Å². The van der Waals surface area contributed by atoms with Gasteiger partial charge in [0.2, 0.25) is 0 Å². The molecule has 0 fully saturated rings. The molecule has 0 radical (unpaired) electrons. The van der Waals surface area contributed by atoms with Crippen LogP contribution in [0.4, 0.5) is 0 Å². The van der Waals surface area contributed by atoms with Crippen LogP contribution in [0.2, 0.25) is 0 Å². The molecule has 0 aliphatic carbocycles. The van der Waals surface area contributed by atoms with E-state index >= 15 is 0 Å². The number of carbonyl (C=O) groups excluding carboxylic acids is 2. The van der Waals surface area contributed by atoms with E-state index in [1.165, 1.54) is 0 Å². The minimum Gasteiger partial charge on any atom is -0.497 e. The summed E-state index contributed by atoms with van der Waals surface area (Å²) < 4.78 is 21.3. The van der Waals surface area contributed by atoms with E-state index in [4.69, 9.17) is 18.9 Å². The lowest BCUT2D eigenvalue weighted by Gasteiger charge is -2.08. The topological polar surface area (TPSA) is 71.1 Å². The summed E-state index contributed by atoms with van der Waals surface area (Å²) in [6.07, 6.45) is 6.19. The van der Waals surface area contributed by atoms with E-state index in [1.54, 1.807) is 62.6 Å². The Bertz CT molecular complexity index is 855. The van der Waals surface area contributed by atoms with Crippen LogP contribution in [-0.2, 0) is 9.53 Å². The Kier molecular flexibility index (Phi) is 10.9. The summed E-state index contributed by atoms with van der Waals surface area (Å²) in [7, 11) is 1.58. The van der Waals surface area contributed by atoms with Gasteiger partial charge in [-0.25, -0.2) is 9.59 Å². The fourth-order valence-corrected chi connectivity index (χ4v) is 2.89. The Morgan fingerprint density at radius 3 is 1.88 bits per heavy atom. The van der Waals surface area contributed by atoms with Crippen molar-refractivity contribution >= 4 is 11.9 Å². The predicted octanol–water partition coefficient (Wildman–Crippen LogP) is 5.75. The van der Waals surface area contributed by atoms with Crippen molar-refractivity contribution in [2.75, 3.05) is 20.3 Å². The van der Waals surface area contributed by atoms with Gasteiger partial charge in [0.1, 0.15) is 17.2 Å². The molecule has 0 aliphatic rings.